The summed E-state index contributed by atoms with van der Waals surface area (Å²) in [6, 6.07) is 17.3. The van der Waals surface area contributed by atoms with Crippen molar-refractivity contribution in [3.05, 3.63) is 77.7 Å². The normalized spacial score (nSPS) is 14.0. The van der Waals surface area contributed by atoms with Gasteiger partial charge in [-0.05, 0) is 79.1 Å². The van der Waals surface area contributed by atoms with Crippen LogP contribution in [0.2, 0.25) is 0 Å². The van der Waals surface area contributed by atoms with Crippen LogP contribution in [0.15, 0.2) is 65.1 Å². The molecule has 1 aliphatic carbocycles. The van der Waals surface area contributed by atoms with Crippen molar-refractivity contribution in [3.8, 4) is 22.9 Å². The number of aryl methyl sites for hydroxylation is 1. The van der Waals surface area contributed by atoms with Crippen molar-refractivity contribution in [2.45, 2.75) is 57.8 Å². The first-order valence-electron chi connectivity index (χ1n) is 13.6. The Labute approximate surface area is 238 Å². The van der Waals surface area contributed by atoms with E-state index in [2.05, 4.69) is 20.7 Å². The number of carbonyl (C=O) groups is 2. The van der Waals surface area contributed by atoms with Gasteiger partial charge < -0.3 is 24.1 Å². The molecule has 11 heteroatoms. The summed E-state index contributed by atoms with van der Waals surface area (Å²) in [5.74, 6) is 2.18. The van der Waals surface area contributed by atoms with E-state index in [9.17, 15) is 9.59 Å². The number of rotatable bonds is 11. The zero-order valence-electron chi connectivity index (χ0n) is 23.4. The summed E-state index contributed by atoms with van der Waals surface area (Å²) in [4.78, 5) is 30.5. The van der Waals surface area contributed by atoms with Gasteiger partial charge in [0.15, 0.2) is 6.04 Å². The molecule has 5 rings (SSSR count). The van der Waals surface area contributed by atoms with Crippen LogP contribution in [-0.4, -0.2) is 57.2 Å². The van der Waals surface area contributed by atoms with Crippen LogP contribution < -0.4 is 14.8 Å². The lowest BCUT2D eigenvalue weighted by Crippen LogP contribution is -2.46. The molecule has 1 aliphatic rings. The number of hydrogen-bond acceptors (Lipinski definition) is 8. The van der Waals surface area contributed by atoms with Gasteiger partial charge in [0.25, 0.3) is 5.91 Å². The van der Waals surface area contributed by atoms with Gasteiger partial charge in [-0.25, -0.2) is 0 Å². The van der Waals surface area contributed by atoms with Crippen LogP contribution in [0.4, 0.5) is 0 Å². The van der Waals surface area contributed by atoms with E-state index < -0.39 is 6.04 Å². The lowest BCUT2D eigenvalue weighted by atomic mass is 10.1. The van der Waals surface area contributed by atoms with E-state index in [0.29, 0.717) is 28.8 Å². The minimum absolute atomic E-state index is 0.0723. The summed E-state index contributed by atoms with van der Waals surface area (Å²) in [5.41, 5.74) is 1.56. The van der Waals surface area contributed by atoms with Crippen LogP contribution in [0.25, 0.3) is 11.4 Å². The second-order valence-electron chi connectivity index (χ2n) is 10.1. The fourth-order valence-corrected chi connectivity index (χ4v) is 5.00. The topological polar surface area (TPSA) is 125 Å². The number of ether oxygens (including phenoxy) is 2. The van der Waals surface area contributed by atoms with E-state index in [-0.39, 0.29) is 30.9 Å². The quantitative estimate of drug-likeness (QED) is 0.292. The zero-order valence-corrected chi connectivity index (χ0v) is 23.4. The second-order valence-corrected chi connectivity index (χ2v) is 10.1. The van der Waals surface area contributed by atoms with Gasteiger partial charge in [0.1, 0.15) is 29.6 Å². The molecule has 11 nitrogen and oxygen atoms in total. The lowest BCUT2D eigenvalue weighted by Gasteiger charge is -2.30. The Morgan fingerprint density at radius 1 is 1.00 bits per heavy atom. The molecule has 1 N–H and O–H groups in total. The van der Waals surface area contributed by atoms with Crippen molar-refractivity contribution in [2.75, 3.05) is 14.2 Å². The van der Waals surface area contributed by atoms with Gasteiger partial charge in [-0.15, -0.1) is 10.2 Å². The van der Waals surface area contributed by atoms with Gasteiger partial charge in [0.05, 0.1) is 14.2 Å². The summed E-state index contributed by atoms with van der Waals surface area (Å²) in [6.45, 7) is 1.75. The zero-order chi connectivity index (χ0) is 28.8. The molecular weight excluding hydrogens is 524 g/mol. The third-order valence-corrected chi connectivity index (χ3v) is 7.20. The highest BCUT2D eigenvalue weighted by molar-refractivity contribution is 5.88. The van der Waals surface area contributed by atoms with Crippen LogP contribution >= 0.6 is 0 Å². The third-order valence-electron chi connectivity index (χ3n) is 7.20. The Morgan fingerprint density at radius 3 is 2.27 bits per heavy atom. The van der Waals surface area contributed by atoms with E-state index in [1.54, 1.807) is 38.5 Å². The molecule has 2 aromatic carbocycles. The molecule has 1 fully saturated rings. The molecule has 0 aliphatic heterocycles. The maximum atomic E-state index is 14.0. The van der Waals surface area contributed by atoms with E-state index in [4.69, 9.17) is 13.9 Å². The summed E-state index contributed by atoms with van der Waals surface area (Å²) in [7, 11) is 3.19. The average molecular weight is 559 g/mol. The molecule has 41 heavy (non-hydrogen) atoms. The van der Waals surface area contributed by atoms with Crippen molar-refractivity contribution >= 4 is 11.8 Å². The molecule has 4 aromatic rings. The number of carbonyl (C=O) groups excluding carboxylic acids is 2. The molecule has 1 atom stereocenters. The Morgan fingerprint density at radius 2 is 1.66 bits per heavy atom. The summed E-state index contributed by atoms with van der Waals surface area (Å²) >= 11 is 0. The minimum Gasteiger partial charge on any atom is -0.497 e. The number of hydrogen-bond donors (Lipinski definition) is 1. The van der Waals surface area contributed by atoms with Crippen molar-refractivity contribution in [1.82, 2.24) is 30.4 Å². The number of methoxy groups -OCH3 is 2. The van der Waals surface area contributed by atoms with Crippen LogP contribution in [-0.2, 0) is 22.7 Å². The minimum atomic E-state index is -0.983. The first kappa shape index (κ1) is 27.9. The second kappa shape index (κ2) is 12.7. The van der Waals surface area contributed by atoms with Crippen LogP contribution in [0.5, 0.6) is 11.5 Å². The number of nitrogens with zero attached hydrogens (tertiary/aromatic N) is 5. The SMILES string of the molecule is COc1ccc(CN(C(=O)Cn2nnc(-c3ccc(OC)cc3)n2)C(C(=O)NC2CCCC2)c2ccc(C)o2)cc1. The van der Waals surface area contributed by atoms with Crippen LogP contribution in [0.1, 0.15) is 48.8 Å². The van der Waals surface area contributed by atoms with Crippen molar-refractivity contribution in [3.63, 3.8) is 0 Å². The molecule has 0 bridgehead atoms. The number of nitrogens with one attached hydrogen (secondary N) is 1. The van der Waals surface area contributed by atoms with E-state index in [1.165, 1.54) is 9.70 Å². The van der Waals surface area contributed by atoms with Gasteiger partial charge in [0.2, 0.25) is 11.7 Å². The van der Waals surface area contributed by atoms with Crippen molar-refractivity contribution < 1.29 is 23.5 Å². The number of furan rings is 1. The Balaban J connectivity index is 1.44. The van der Waals surface area contributed by atoms with E-state index in [0.717, 1.165) is 36.8 Å². The fraction of sp³-hybridized carbons (Fsp3) is 0.367. The highest BCUT2D eigenvalue weighted by Gasteiger charge is 2.35. The average Bonchev–Trinajstić information content (AvgIpc) is 3.76. The highest BCUT2D eigenvalue weighted by atomic mass is 16.5. The maximum absolute atomic E-state index is 14.0. The van der Waals surface area contributed by atoms with Crippen LogP contribution in [0, 0.1) is 6.92 Å². The Kier molecular flexibility index (Phi) is 8.61. The van der Waals surface area contributed by atoms with Gasteiger partial charge in [-0.2, -0.15) is 4.80 Å². The predicted molar refractivity (Wildman–Crippen MR) is 150 cm³/mol. The van der Waals surface area contributed by atoms with E-state index in [1.807, 2.05) is 43.3 Å². The molecule has 0 spiro atoms. The molecule has 214 valence electrons. The molecule has 2 aromatic heterocycles. The first-order valence-corrected chi connectivity index (χ1v) is 13.6. The fourth-order valence-electron chi connectivity index (χ4n) is 5.00. The largest absolute Gasteiger partial charge is 0.497 e. The van der Waals surface area contributed by atoms with Gasteiger partial charge >= 0.3 is 0 Å². The molecule has 0 saturated heterocycles. The Hall–Kier alpha value is -4.67. The monoisotopic (exact) mass is 558 g/mol. The molecule has 1 saturated carbocycles. The molecule has 2 amide bonds. The van der Waals surface area contributed by atoms with Gasteiger partial charge in [-0.1, -0.05) is 25.0 Å². The summed E-state index contributed by atoms with van der Waals surface area (Å²) in [5, 5.41) is 15.8. The highest BCUT2D eigenvalue weighted by Crippen LogP contribution is 2.28. The van der Waals surface area contributed by atoms with Crippen molar-refractivity contribution in [2.24, 2.45) is 0 Å². The summed E-state index contributed by atoms with van der Waals surface area (Å²) in [6.07, 6.45) is 3.97. The Bertz CT molecular complexity index is 1460. The molecule has 2 heterocycles. The number of amides is 2. The van der Waals surface area contributed by atoms with Gasteiger partial charge in [-0.3, -0.25) is 9.59 Å². The molecule has 0 radical (unpaired) electrons. The third kappa shape index (κ3) is 6.74. The predicted octanol–water partition coefficient (Wildman–Crippen LogP) is 4.09. The number of aromatic nitrogens is 4. The number of tetrazole rings is 1. The number of benzene rings is 2. The standard InChI is InChI=1S/C30H34N6O5/c1-20-8-17-26(41-20)28(30(38)31-23-6-4-5-7-23)35(18-21-9-13-24(39-2)14-10-21)27(37)19-36-33-29(32-34-36)22-11-15-25(40-3)16-12-22/h8-17,23,28H,4-7,18-19H2,1-3H3,(H,31,38). The lowest BCUT2D eigenvalue weighted by molar-refractivity contribution is -0.143. The smallest absolute Gasteiger partial charge is 0.250 e. The van der Waals surface area contributed by atoms with Crippen molar-refractivity contribution in [1.29, 1.82) is 0 Å². The van der Waals surface area contributed by atoms with E-state index >= 15 is 0 Å². The van der Waals surface area contributed by atoms with Crippen LogP contribution in [0.3, 0.4) is 0 Å². The summed E-state index contributed by atoms with van der Waals surface area (Å²) < 4.78 is 16.4. The molecular formula is C30H34N6O5. The van der Waals surface area contributed by atoms with Gasteiger partial charge in [0, 0.05) is 18.2 Å². The molecule has 1 unspecified atom stereocenters. The maximum Gasteiger partial charge on any atom is 0.250 e. The first-order chi connectivity index (χ1) is 19.9.